The SMILES string of the molecule is N#Cc1c(COC(=O)c2c(Cl)ccc(Cl)c2Cl)cn2ccccc12. The van der Waals surface area contributed by atoms with Crippen molar-refractivity contribution in [2.45, 2.75) is 6.61 Å². The average molecular weight is 380 g/mol. The largest absolute Gasteiger partial charge is 0.457 e. The number of carbonyl (C=O) groups excluding carboxylic acids is 1. The quantitative estimate of drug-likeness (QED) is 0.468. The molecule has 0 amide bonds. The van der Waals surface area contributed by atoms with Crippen molar-refractivity contribution in [2.75, 3.05) is 0 Å². The highest BCUT2D eigenvalue weighted by atomic mass is 35.5. The number of fused-ring (bicyclic) bond motifs is 1. The second kappa shape index (κ2) is 6.74. The molecular formula is C17H9Cl3N2O2. The first kappa shape index (κ1) is 16.7. The summed E-state index contributed by atoms with van der Waals surface area (Å²) in [5, 5.41) is 9.75. The fourth-order valence-electron chi connectivity index (χ4n) is 2.35. The first-order valence-corrected chi connectivity index (χ1v) is 7.95. The minimum Gasteiger partial charge on any atom is -0.457 e. The fraction of sp³-hybridized carbons (Fsp3) is 0.0588. The molecule has 0 N–H and O–H groups in total. The number of nitrogens with zero attached hydrogens (tertiary/aromatic N) is 2. The van der Waals surface area contributed by atoms with Crippen LogP contribution in [0.1, 0.15) is 21.5 Å². The van der Waals surface area contributed by atoms with Gasteiger partial charge in [0, 0.05) is 18.0 Å². The number of hydrogen-bond donors (Lipinski definition) is 0. The van der Waals surface area contributed by atoms with E-state index < -0.39 is 5.97 Å². The molecule has 1 aromatic carbocycles. The molecule has 2 aromatic heterocycles. The van der Waals surface area contributed by atoms with Gasteiger partial charge in [-0.1, -0.05) is 40.9 Å². The molecule has 24 heavy (non-hydrogen) atoms. The Kier molecular flexibility index (Phi) is 4.68. The molecule has 3 rings (SSSR count). The summed E-state index contributed by atoms with van der Waals surface area (Å²) in [5.41, 5.74) is 1.79. The minimum atomic E-state index is -0.702. The lowest BCUT2D eigenvalue weighted by Crippen LogP contribution is -2.07. The Bertz CT molecular complexity index is 989. The van der Waals surface area contributed by atoms with Gasteiger partial charge in [-0.25, -0.2) is 4.79 Å². The Morgan fingerprint density at radius 1 is 1.17 bits per heavy atom. The average Bonchev–Trinajstić information content (AvgIpc) is 2.94. The van der Waals surface area contributed by atoms with Crippen LogP contribution in [0.3, 0.4) is 0 Å². The van der Waals surface area contributed by atoms with Gasteiger partial charge in [-0.05, 0) is 24.3 Å². The number of rotatable bonds is 3. The predicted octanol–water partition coefficient (Wildman–Crippen LogP) is 5.13. The van der Waals surface area contributed by atoms with Crippen LogP contribution in [0.2, 0.25) is 15.1 Å². The van der Waals surface area contributed by atoms with Crippen LogP contribution in [0.25, 0.3) is 5.52 Å². The zero-order chi connectivity index (χ0) is 17.3. The van der Waals surface area contributed by atoms with Crippen molar-refractivity contribution in [1.82, 2.24) is 4.40 Å². The highest BCUT2D eigenvalue weighted by Crippen LogP contribution is 2.32. The van der Waals surface area contributed by atoms with Gasteiger partial charge in [-0.3, -0.25) is 0 Å². The number of pyridine rings is 1. The zero-order valence-corrected chi connectivity index (χ0v) is 14.4. The smallest absolute Gasteiger partial charge is 0.341 e. The molecule has 3 aromatic rings. The van der Waals surface area contributed by atoms with E-state index in [1.807, 2.05) is 24.4 Å². The van der Waals surface area contributed by atoms with Crippen molar-refractivity contribution in [3.05, 3.63) is 74.5 Å². The molecule has 0 atom stereocenters. The summed E-state index contributed by atoms with van der Waals surface area (Å²) in [6.07, 6.45) is 3.55. The molecule has 0 aliphatic rings. The fourth-order valence-corrected chi connectivity index (χ4v) is 3.03. The second-order valence-electron chi connectivity index (χ2n) is 4.93. The van der Waals surface area contributed by atoms with Crippen LogP contribution in [0.5, 0.6) is 0 Å². The molecule has 0 unspecified atom stereocenters. The number of aromatic nitrogens is 1. The molecule has 4 nitrogen and oxygen atoms in total. The van der Waals surface area contributed by atoms with Crippen molar-refractivity contribution < 1.29 is 9.53 Å². The first-order valence-electron chi connectivity index (χ1n) is 6.82. The molecule has 0 bridgehead atoms. The number of nitriles is 1. The van der Waals surface area contributed by atoms with Crippen molar-refractivity contribution in [1.29, 1.82) is 5.26 Å². The van der Waals surface area contributed by atoms with Crippen LogP contribution in [-0.2, 0) is 11.3 Å². The molecule has 0 saturated heterocycles. The Morgan fingerprint density at radius 3 is 2.67 bits per heavy atom. The van der Waals surface area contributed by atoms with Crippen molar-refractivity contribution >= 4 is 46.3 Å². The summed E-state index contributed by atoms with van der Waals surface area (Å²) in [5.74, 6) is -0.702. The molecule has 7 heteroatoms. The number of ether oxygens (including phenoxy) is 1. The van der Waals surface area contributed by atoms with Crippen LogP contribution < -0.4 is 0 Å². The van der Waals surface area contributed by atoms with E-state index in [9.17, 15) is 10.1 Å². The van der Waals surface area contributed by atoms with Crippen LogP contribution in [0.15, 0.2) is 42.7 Å². The lowest BCUT2D eigenvalue weighted by molar-refractivity contribution is 0.0473. The molecule has 0 spiro atoms. The standard InChI is InChI=1S/C17H9Cl3N2O2/c18-12-4-5-13(19)16(20)15(12)17(23)24-9-10-8-22-6-2-1-3-14(22)11(10)7-21/h1-6,8H,9H2. The normalized spacial score (nSPS) is 10.6. The van der Waals surface area contributed by atoms with Gasteiger partial charge < -0.3 is 9.14 Å². The summed E-state index contributed by atoms with van der Waals surface area (Å²) < 4.78 is 7.06. The van der Waals surface area contributed by atoms with Gasteiger partial charge in [0.05, 0.1) is 31.7 Å². The van der Waals surface area contributed by atoms with Crippen LogP contribution in [0.4, 0.5) is 0 Å². The summed E-state index contributed by atoms with van der Waals surface area (Å²) >= 11 is 17.9. The Balaban J connectivity index is 1.88. The third-order valence-corrected chi connectivity index (χ3v) is 4.60. The molecule has 120 valence electrons. The van der Waals surface area contributed by atoms with Crippen LogP contribution >= 0.6 is 34.8 Å². The molecule has 0 fully saturated rings. The zero-order valence-electron chi connectivity index (χ0n) is 12.1. The van der Waals surface area contributed by atoms with Gasteiger partial charge >= 0.3 is 5.97 Å². The number of esters is 1. The number of hydrogen-bond acceptors (Lipinski definition) is 3. The molecule has 0 aliphatic heterocycles. The van der Waals surface area contributed by atoms with Crippen molar-refractivity contribution in [2.24, 2.45) is 0 Å². The third kappa shape index (κ3) is 2.94. The Hall–Kier alpha value is -2.19. The van der Waals surface area contributed by atoms with Crippen molar-refractivity contribution in [3.8, 4) is 6.07 Å². The summed E-state index contributed by atoms with van der Waals surface area (Å²) in [4.78, 5) is 12.3. The van der Waals surface area contributed by atoms with Gasteiger partial charge in [-0.2, -0.15) is 5.26 Å². The maximum absolute atomic E-state index is 12.3. The van der Waals surface area contributed by atoms with E-state index in [-0.39, 0.29) is 27.2 Å². The monoisotopic (exact) mass is 378 g/mol. The number of carbonyl (C=O) groups is 1. The van der Waals surface area contributed by atoms with Crippen molar-refractivity contribution in [3.63, 3.8) is 0 Å². The number of benzene rings is 1. The van der Waals surface area contributed by atoms with E-state index in [4.69, 9.17) is 39.5 Å². The molecular weight excluding hydrogens is 371 g/mol. The summed E-state index contributed by atoms with van der Waals surface area (Å²) in [6.45, 7) is -0.0808. The molecule has 0 saturated carbocycles. The molecule has 0 aliphatic carbocycles. The maximum Gasteiger partial charge on any atom is 0.341 e. The molecule has 0 radical (unpaired) electrons. The highest BCUT2D eigenvalue weighted by molar-refractivity contribution is 6.46. The van der Waals surface area contributed by atoms with Gasteiger partial charge in [-0.15, -0.1) is 0 Å². The van der Waals surface area contributed by atoms with E-state index in [2.05, 4.69) is 6.07 Å². The maximum atomic E-state index is 12.3. The van der Waals surface area contributed by atoms with E-state index in [1.54, 1.807) is 10.6 Å². The van der Waals surface area contributed by atoms with E-state index in [0.717, 1.165) is 5.52 Å². The van der Waals surface area contributed by atoms with Gasteiger partial charge in [0.15, 0.2) is 0 Å². The van der Waals surface area contributed by atoms with Crippen LogP contribution in [-0.4, -0.2) is 10.4 Å². The second-order valence-corrected chi connectivity index (χ2v) is 6.12. The van der Waals surface area contributed by atoms with E-state index in [1.165, 1.54) is 12.1 Å². The number of halogens is 3. The predicted molar refractivity (Wildman–Crippen MR) is 92.7 cm³/mol. The minimum absolute atomic E-state index is 0.00750. The van der Waals surface area contributed by atoms with E-state index in [0.29, 0.717) is 11.1 Å². The van der Waals surface area contributed by atoms with Gasteiger partial charge in [0.2, 0.25) is 0 Å². The third-order valence-electron chi connectivity index (χ3n) is 3.48. The van der Waals surface area contributed by atoms with Gasteiger partial charge in [0.25, 0.3) is 0 Å². The van der Waals surface area contributed by atoms with E-state index >= 15 is 0 Å². The first-order chi connectivity index (χ1) is 11.5. The lowest BCUT2D eigenvalue weighted by atomic mass is 10.2. The highest BCUT2D eigenvalue weighted by Gasteiger charge is 2.20. The Labute approximate surface area is 152 Å². The van der Waals surface area contributed by atoms with Gasteiger partial charge in [0.1, 0.15) is 12.7 Å². The van der Waals surface area contributed by atoms with Crippen LogP contribution in [0, 0.1) is 11.3 Å². The lowest BCUT2D eigenvalue weighted by Gasteiger charge is -2.08. The summed E-state index contributed by atoms with van der Waals surface area (Å²) in [6, 6.07) is 10.6. The summed E-state index contributed by atoms with van der Waals surface area (Å²) in [7, 11) is 0. The molecule has 2 heterocycles. The topological polar surface area (TPSA) is 54.5 Å². The Morgan fingerprint density at radius 2 is 1.92 bits per heavy atom.